The second kappa shape index (κ2) is 5.75. The molecule has 0 radical (unpaired) electrons. The van der Waals surface area contributed by atoms with Gasteiger partial charge in [0.05, 0.1) is 11.3 Å². The Balaban J connectivity index is 2.10. The Kier molecular flexibility index (Phi) is 4.06. The molecular weight excluding hydrogens is 270 g/mol. The first-order chi connectivity index (χ1) is 9.06. The van der Waals surface area contributed by atoms with Crippen LogP contribution in [0.2, 0.25) is 5.02 Å². The number of aryl methyl sites for hydroxylation is 1. The van der Waals surface area contributed by atoms with Crippen LogP contribution in [-0.4, -0.2) is 21.2 Å². The molecule has 19 heavy (non-hydrogen) atoms. The van der Waals surface area contributed by atoms with Crippen LogP contribution in [0.5, 0.6) is 5.75 Å². The molecule has 0 saturated carbocycles. The van der Waals surface area contributed by atoms with Gasteiger partial charge in [-0.15, -0.1) is 0 Å². The number of phenolic OH excluding ortho intramolecular Hbond substituents is 1. The van der Waals surface area contributed by atoms with E-state index in [0.29, 0.717) is 35.0 Å². The van der Waals surface area contributed by atoms with Crippen molar-refractivity contribution in [1.29, 1.82) is 0 Å². The van der Waals surface area contributed by atoms with Gasteiger partial charge in [-0.2, -0.15) is 0 Å². The van der Waals surface area contributed by atoms with Crippen LogP contribution in [0.4, 0.5) is 0 Å². The molecule has 1 aromatic heterocycles. The average molecular weight is 282 g/mol. The lowest BCUT2D eigenvalue weighted by molar-refractivity contribution is -0.137. The summed E-state index contributed by atoms with van der Waals surface area (Å²) in [7, 11) is 0. The number of phenols is 1. The molecule has 0 unspecified atom stereocenters. The highest BCUT2D eigenvalue weighted by molar-refractivity contribution is 6.30. The fourth-order valence-corrected chi connectivity index (χ4v) is 1.82. The molecule has 0 aliphatic heterocycles. The highest BCUT2D eigenvalue weighted by Gasteiger charge is 2.11. The molecule has 1 aromatic carbocycles. The first kappa shape index (κ1) is 13.4. The van der Waals surface area contributed by atoms with Crippen molar-refractivity contribution in [2.75, 3.05) is 0 Å². The smallest absolute Gasteiger partial charge is 0.303 e. The van der Waals surface area contributed by atoms with Crippen molar-refractivity contribution in [3.05, 3.63) is 35.2 Å². The fraction of sp³-hybridized carbons (Fsp3) is 0.231. The average Bonchev–Trinajstić information content (AvgIpc) is 2.77. The Morgan fingerprint density at radius 1 is 1.42 bits per heavy atom. The second-order valence-electron chi connectivity index (χ2n) is 4.05. The molecule has 2 N–H and O–H groups in total. The quantitative estimate of drug-likeness (QED) is 0.880. The third kappa shape index (κ3) is 3.48. The maximum absolute atomic E-state index is 10.4. The molecule has 2 aromatic rings. The number of benzene rings is 1. The van der Waals surface area contributed by atoms with Crippen LogP contribution >= 0.6 is 11.6 Å². The summed E-state index contributed by atoms with van der Waals surface area (Å²) in [4.78, 5) is 14.6. The lowest BCUT2D eigenvalue weighted by atomic mass is 10.2. The minimum Gasteiger partial charge on any atom is -0.507 e. The number of aromatic nitrogens is 1. The van der Waals surface area contributed by atoms with Gasteiger partial charge in [0, 0.05) is 11.4 Å². The zero-order valence-corrected chi connectivity index (χ0v) is 10.7. The molecule has 6 heteroatoms. The molecule has 0 amide bonds. The van der Waals surface area contributed by atoms with E-state index in [1.807, 2.05) is 0 Å². The minimum absolute atomic E-state index is 0.00793. The van der Waals surface area contributed by atoms with Gasteiger partial charge in [0.1, 0.15) is 12.0 Å². The third-order valence-corrected chi connectivity index (χ3v) is 2.80. The summed E-state index contributed by atoms with van der Waals surface area (Å²) in [6.07, 6.45) is 2.57. The molecular formula is C13H12ClNO4. The van der Waals surface area contributed by atoms with Gasteiger partial charge in [-0.05, 0) is 31.0 Å². The molecule has 2 rings (SSSR count). The van der Waals surface area contributed by atoms with Crippen LogP contribution in [0, 0.1) is 0 Å². The summed E-state index contributed by atoms with van der Waals surface area (Å²) in [6, 6.07) is 4.65. The van der Waals surface area contributed by atoms with Crippen LogP contribution in [0.1, 0.15) is 18.5 Å². The Morgan fingerprint density at radius 3 is 2.89 bits per heavy atom. The zero-order valence-electron chi connectivity index (χ0n) is 9.97. The number of halogens is 1. The van der Waals surface area contributed by atoms with Crippen molar-refractivity contribution in [3.8, 4) is 17.2 Å². The standard InChI is InChI=1S/C13H12ClNO4/c14-8-4-5-10(11(16)6-8)13-15-9(7-19-13)2-1-3-12(17)18/h4-7,16H,1-3H2,(H,17,18). The number of carboxylic acid groups (broad SMARTS) is 1. The van der Waals surface area contributed by atoms with E-state index >= 15 is 0 Å². The van der Waals surface area contributed by atoms with E-state index in [1.165, 1.54) is 12.3 Å². The van der Waals surface area contributed by atoms with Crippen LogP contribution in [-0.2, 0) is 11.2 Å². The van der Waals surface area contributed by atoms with Crippen molar-refractivity contribution in [2.24, 2.45) is 0 Å². The number of oxazole rings is 1. The summed E-state index contributed by atoms with van der Waals surface area (Å²) < 4.78 is 5.27. The molecule has 5 nitrogen and oxygen atoms in total. The number of hydrogen-bond acceptors (Lipinski definition) is 4. The summed E-state index contributed by atoms with van der Waals surface area (Å²) >= 11 is 5.74. The third-order valence-electron chi connectivity index (χ3n) is 2.57. The molecule has 0 aliphatic carbocycles. The van der Waals surface area contributed by atoms with Gasteiger partial charge in [-0.1, -0.05) is 11.6 Å². The predicted molar refractivity (Wildman–Crippen MR) is 69.2 cm³/mol. The van der Waals surface area contributed by atoms with Crippen LogP contribution in [0.15, 0.2) is 28.9 Å². The van der Waals surface area contributed by atoms with Crippen molar-refractivity contribution >= 4 is 17.6 Å². The van der Waals surface area contributed by atoms with Gasteiger partial charge in [0.25, 0.3) is 0 Å². The topological polar surface area (TPSA) is 83.6 Å². The maximum Gasteiger partial charge on any atom is 0.303 e. The number of nitrogens with zero attached hydrogens (tertiary/aromatic N) is 1. The predicted octanol–water partition coefficient (Wildman–Crippen LogP) is 3.11. The number of rotatable bonds is 5. The van der Waals surface area contributed by atoms with E-state index in [1.54, 1.807) is 12.1 Å². The second-order valence-corrected chi connectivity index (χ2v) is 4.49. The van der Waals surface area contributed by atoms with Crippen LogP contribution in [0.3, 0.4) is 0 Å². The van der Waals surface area contributed by atoms with E-state index in [4.69, 9.17) is 21.1 Å². The van der Waals surface area contributed by atoms with E-state index in [-0.39, 0.29) is 12.2 Å². The zero-order chi connectivity index (χ0) is 13.8. The number of aromatic hydroxyl groups is 1. The normalized spacial score (nSPS) is 10.6. The Labute approximate surface area is 114 Å². The van der Waals surface area contributed by atoms with E-state index in [9.17, 15) is 9.90 Å². The maximum atomic E-state index is 10.4. The first-order valence-corrected chi connectivity index (χ1v) is 6.09. The first-order valence-electron chi connectivity index (χ1n) is 5.71. The Morgan fingerprint density at radius 2 is 2.21 bits per heavy atom. The Bertz CT molecular complexity index is 594. The minimum atomic E-state index is -0.834. The number of aliphatic carboxylic acids is 1. The van der Waals surface area contributed by atoms with E-state index in [0.717, 1.165) is 0 Å². The molecule has 0 saturated heterocycles. The van der Waals surface area contributed by atoms with Crippen LogP contribution < -0.4 is 0 Å². The lowest BCUT2D eigenvalue weighted by Gasteiger charge is -1.99. The molecule has 0 spiro atoms. The van der Waals surface area contributed by atoms with Crippen LogP contribution in [0.25, 0.3) is 11.5 Å². The van der Waals surface area contributed by atoms with Gasteiger partial charge >= 0.3 is 5.97 Å². The highest BCUT2D eigenvalue weighted by Crippen LogP contribution is 2.30. The molecule has 100 valence electrons. The summed E-state index contributed by atoms with van der Waals surface area (Å²) in [6.45, 7) is 0. The van der Waals surface area contributed by atoms with Gasteiger partial charge in [-0.25, -0.2) is 4.98 Å². The SMILES string of the molecule is O=C(O)CCCc1coc(-c2ccc(Cl)cc2O)n1. The fourth-order valence-electron chi connectivity index (χ4n) is 1.65. The van der Waals surface area contributed by atoms with Crippen molar-refractivity contribution in [2.45, 2.75) is 19.3 Å². The molecule has 0 atom stereocenters. The largest absolute Gasteiger partial charge is 0.507 e. The summed E-state index contributed by atoms with van der Waals surface area (Å²) in [5, 5.41) is 18.7. The summed E-state index contributed by atoms with van der Waals surface area (Å²) in [5.41, 5.74) is 1.11. The molecule has 0 bridgehead atoms. The van der Waals surface area contributed by atoms with Gasteiger partial charge < -0.3 is 14.6 Å². The monoisotopic (exact) mass is 281 g/mol. The number of carbonyl (C=O) groups is 1. The molecule has 0 fully saturated rings. The van der Waals surface area contributed by atoms with E-state index < -0.39 is 5.97 Å². The summed E-state index contributed by atoms with van der Waals surface area (Å²) in [5.74, 6) is -0.551. The van der Waals surface area contributed by atoms with Crippen molar-refractivity contribution < 1.29 is 19.4 Å². The lowest BCUT2D eigenvalue weighted by Crippen LogP contribution is -1.96. The van der Waals surface area contributed by atoms with Gasteiger partial charge in [-0.3, -0.25) is 4.79 Å². The molecule has 1 heterocycles. The van der Waals surface area contributed by atoms with Gasteiger partial charge in [0.2, 0.25) is 5.89 Å². The number of hydrogen-bond donors (Lipinski definition) is 2. The van der Waals surface area contributed by atoms with E-state index in [2.05, 4.69) is 4.98 Å². The van der Waals surface area contributed by atoms with Crippen molar-refractivity contribution in [3.63, 3.8) is 0 Å². The van der Waals surface area contributed by atoms with Gasteiger partial charge in [0.15, 0.2) is 0 Å². The molecule has 0 aliphatic rings. The Hall–Kier alpha value is -2.01. The van der Waals surface area contributed by atoms with Crippen molar-refractivity contribution in [1.82, 2.24) is 4.98 Å². The highest BCUT2D eigenvalue weighted by atomic mass is 35.5. The number of carboxylic acids is 1.